The van der Waals surface area contributed by atoms with Crippen molar-refractivity contribution in [2.45, 2.75) is 19.8 Å². The predicted octanol–water partition coefficient (Wildman–Crippen LogP) is 1.52. The van der Waals surface area contributed by atoms with Gasteiger partial charge in [0.2, 0.25) is 0 Å². The molecule has 6 nitrogen and oxygen atoms in total. The van der Waals surface area contributed by atoms with E-state index in [1.54, 1.807) is 7.11 Å². The first-order valence-corrected chi connectivity index (χ1v) is 7.79. The van der Waals surface area contributed by atoms with Gasteiger partial charge in [0, 0.05) is 26.9 Å². The van der Waals surface area contributed by atoms with E-state index >= 15 is 0 Å². The summed E-state index contributed by atoms with van der Waals surface area (Å²) in [5.74, 6) is 0. The van der Waals surface area contributed by atoms with Crippen LogP contribution in [0.25, 0.3) is 0 Å². The van der Waals surface area contributed by atoms with Gasteiger partial charge in [0.05, 0.1) is 52.9 Å². The zero-order valence-corrected chi connectivity index (χ0v) is 13.6. The molecule has 0 amide bonds. The molecule has 0 atom stereocenters. The maximum absolute atomic E-state index is 5.42. The van der Waals surface area contributed by atoms with Gasteiger partial charge in [-0.1, -0.05) is 6.92 Å². The average Bonchev–Trinajstić information content (AvgIpc) is 2.50. The fourth-order valence-corrected chi connectivity index (χ4v) is 1.41. The van der Waals surface area contributed by atoms with Crippen LogP contribution in [-0.2, 0) is 28.4 Å². The van der Waals surface area contributed by atoms with Gasteiger partial charge in [-0.15, -0.1) is 0 Å². The van der Waals surface area contributed by atoms with E-state index in [1.165, 1.54) is 0 Å². The Labute approximate surface area is 129 Å². The molecule has 0 saturated carbocycles. The van der Waals surface area contributed by atoms with Gasteiger partial charge in [-0.2, -0.15) is 0 Å². The lowest BCUT2D eigenvalue weighted by Crippen LogP contribution is -2.13. The van der Waals surface area contributed by atoms with Crippen molar-refractivity contribution in [1.82, 2.24) is 0 Å². The highest BCUT2D eigenvalue weighted by molar-refractivity contribution is 4.37. The SMILES string of the molecule is CCCOCCCOCCOCCOCCOCCOC. The summed E-state index contributed by atoms with van der Waals surface area (Å²) in [5, 5.41) is 0. The highest BCUT2D eigenvalue weighted by atomic mass is 16.6. The van der Waals surface area contributed by atoms with Crippen LogP contribution in [0, 0.1) is 0 Å². The van der Waals surface area contributed by atoms with Crippen molar-refractivity contribution in [3.63, 3.8) is 0 Å². The van der Waals surface area contributed by atoms with Crippen molar-refractivity contribution in [2.75, 3.05) is 79.8 Å². The number of hydrogen-bond donors (Lipinski definition) is 0. The first-order valence-electron chi connectivity index (χ1n) is 7.79. The summed E-state index contributed by atoms with van der Waals surface area (Å²) >= 11 is 0. The molecular weight excluding hydrogens is 276 g/mol. The molecule has 0 radical (unpaired) electrons. The Morgan fingerprint density at radius 3 is 1.29 bits per heavy atom. The molecule has 0 aromatic rings. The molecule has 0 aliphatic rings. The van der Waals surface area contributed by atoms with Crippen LogP contribution in [0.5, 0.6) is 0 Å². The molecule has 0 bridgehead atoms. The minimum absolute atomic E-state index is 0.582. The quantitative estimate of drug-likeness (QED) is 0.358. The Bertz CT molecular complexity index is 162. The van der Waals surface area contributed by atoms with Crippen LogP contribution in [0.15, 0.2) is 0 Å². The summed E-state index contributed by atoms with van der Waals surface area (Å²) in [5.41, 5.74) is 0. The zero-order valence-electron chi connectivity index (χ0n) is 13.6. The van der Waals surface area contributed by atoms with Crippen molar-refractivity contribution in [3.8, 4) is 0 Å². The van der Waals surface area contributed by atoms with Crippen LogP contribution in [0.2, 0.25) is 0 Å². The molecule has 0 rings (SSSR count). The third-order valence-corrected chi connectivity index (χ3v) is 2.47. The zero-order chi connectivity index (χ0) is 15.4. The van der Waals surface area contributed by atoms with Gasteiger partial charge in [0.15, 0.2) is 0 Å². The largest absolute Gasteiger partial charge is 0.382 e. The Morgan fingerprint density at radius 1 is 0.476 bits per heavy atom. The van der Waals surface area contributed by atoms with Crippen LogP contribution in [0.4, 0.5) is 0 Å². The van der Waals surface area contributed by atoms with Crippen molar-refractivity contribution < 1.29 is 28.4 Å². The van der Waals surface area contributed by atoms with Gasteiger partial charge >= 0.3 is 0 Å². The van der Waals surface area contributed by atoms with Crippen molar-refractivity contribution in [1.29, 1.82) is 0 Å². The number of rotatable bonds is 18. The lowest BCUT2D eigenvalue weighted by molar-refractivity contribution is -0.00941. The summed E-state index contributed by atoms with van der Waals surface area (Å²) in [6.45, 7) is 9.22. The molecule has 128 valence electrons. The molecule has 21 heavy (non-hydrogen) atoms. The van der Waals surface area contributed by atoms with Crippen molar-refractivity contribution >= 4 is 0 Å². The lowest BCUT2D eigenvalue weighted by atomic mass is 10.5. The minimum atomic E-state index is 0.582. The van der Waals surface area contributed by atoms with Crippen molar-refractivity contribution in [2.24, 2.45) is 0 Å². The molecule has 0 aliphatic carbocycles. The maximum atomic E-state index is 5.42. The van der Waals surface area contributed by atoms with E-state index in [0.29, 0.717) is 52.9 Å². The van der Waals surface area contributed by atoms with E-state index in [-0.39, 0.29) is 0 Å². The Morgan fingerprint density at radius 2 is 0.857 bits per heavy atom. The summed E-state index contributed by atoms with van der Waals surface area (Å²) in [6, 6.07) is 0. The Kier molecular flexibility index (Phi) is 19.5. The predicted molar refractivity (Wildman–Crippen MR) is 80.9 cm³/mol. The fourth-order valence-electron chi connectivity index (χ4n) is 1.41. The molecule has 0 fully saturated rings. The minimum Gasteiger partial charge on any atom is -0.382 e. The molecule has 6 heteroatoms. The van der Waals surface area contributed by atoms with Crippen LogP contribution in [-0.4, -0.2) is 79.8 Å². The second-order valence-corrected chi connectivity index (χ2v) is 4.41. The van der Waals surface area contributed by atoms with Gasteiger partial charge < -0.3 is 28.4 Å². The molecule has 0 spiro atoms. The van der Waals surface area contributed by atoms with E-state index < -0.39 is 0 Å². The van der Waals surface area contributed by atoms with E-state index in [9.17, 15) is 0 Å². The summed E-state index contributed by atoms with van der Waals surface area (Å²) in [7, 11) is 1.65. The van der Waals surface area contributed by atoms with Crippen molar-refractivity contribution in [3.05, 3.63) is 0 Å². The highest BCUT2D eigenvalue weighted by Gasteiger charge is 1.93. The Hall–Kier alpha value is -0.240. The van der Waals surface area contributed by atoms with Gasteiger partial charge in [0.1, 0.15) is 0 Å². The number of hydrogen-bond acceptors (Lipinski definition) is 6. The van der Waals surface area contributed by atoms with Gasteiger partial charge in [-0.25, -0.2) is 0 Å². The van der Waals surface area contributed by atoms with E-state index in [1.807, 2.05) is 0 Å². The summed E-state index contributed by atoms with van der Waals surface area (Å²) in [4.78, 5) is 0. The van der Waals surface area contributed by atoms with Gasteiger partial charge in [-0.05, 0) is 12.8 Å². The summed E-state index contributed by atoms with van der Waals surface area (Å²) < 4.78 is 31.6. The first-order chi connectivity index (χ1) is 10.4. The maximum Gasteiger partial charge on any atom is 0.0701 e. The molecule has 0 aliphatic heterocycles. The molecule has 0 N–H and O–H groups in total. The Balaban J connectivity index is 2.90. The fraction of sp³-hybridized carbons (Fsp3) is 1.00. The third-order valence-electron chi connectivity index (χ3n) is 2.47. The van der Waals surface area contributed by atoms with E-state index in [2.05, 4.69) is 6.92 Å². The van der Waals surface area contributed by atoms with Gasteiger partial charge in [-0.3, -0.25) is 0 Å². The third kappa shape index (κ3) is 19.8. The van der Waals surface area contributed by atoms with Crippen LogP contribution in [0.3, 0.4) is 0 Å². The molecular formula is C15H32O6. The van der Waals surface area contributed by atoms with E-state index in [4.69, 9.17) is 28.4 Å². The topological polar surface area (TPSA) is 55.4 Å². The molecule has 0 saturated heterocycles. The molecule has 0 unspecified atom stereocenters. The monoisotopic (exact) mass is 308 g/mol. The van der Waals surface area contributed by atoms with Crippen LogP contribution in [0.1, 0.15) is 19.8 Å². The standard InChI is InChI=1S/C15H32O6/c1-3-5-17-6-4-7-18-10-11-20-14-15-21-13-12-19-9-8-16-2/h3-15H2,1-2H3. The van der Waals surface area contributed by atoms with Crippen LogP contribution >= 0.6 is 0 Å². The van der Waals surface area contributed by atoms with E-state index in [0.717, 1.165) is 32.7 Å². The molecule has 0 aromatic heterocycles. The first kappa shape index (κ1) is 20.8. The molecule has 0 aromatic carbocycles. The normalized spacial score (nSPS) is 11.1. The second-order valence-electron chi connectivity index (χ2n) is 4.41. The number of methoxy groups -OCH3 is 1. The smallest absolute Gasteiger partial charge is 0.0701 e. The highest BCUT2D eigenvalue weighted by Crippen LogP contribution is 1.88. The lowest BCUT2D eigenvalue weighted by Gasteiger charge is -2.07. The molecule has 0 heterocycles. The summed E-state index contributed by atoms with van der Waals surface area (Å²) in [6.07, 6.45) is 2.00. The average molecular weight is 308 g/mol. The van der Waals surface area contributed by atoms with Gasteiger partial charge in [0.25, 0.3) is 0 Å². The second kappa shape index (κ2) is 19.8. The number of ether oxygens (including phenoxy) is 6. The van der Waals surface area contributed by atoms with Crippen LogP contribution < -0.4 is 0 Å².